The molecular formula is C13H12F3NO3. The molecule has 20 heavy (non-hydrogen) atoms. The number of ether oxygens (including phenoxy) is 2. The van der Waals surface area contributed by atoms with Crippen LogP contribution in [0.5, 0.6) is 0 Å². The summed E-state index contributed by atoms with van der Waals surface area (Å²) in [5, 5.41) is 0. The van der Waals surface area contributed by atoms with Crippen LogP contribution >= 0.6 is 0 Å². The maximum absolute atomic E-state index is 13.7. The molecule has 108 valence electrons. The van der Waals surface area contributed by atoms with Gasteiger partial charge in [0.05, 0.1) is 6.61 Å². The molecule has 0 bridgehead atoms. The first-order chi connectivity index (χ1) is 9.38. The summed E-state index contributed by atoms with van der Waals surface area (Å²) < 4.78 is 50.0. The Labute approximate surface area is 113 Å². The molecule has 2 rings (SSSR count). The van der Waals surface area contributed by atoms with Crippen molar-refractivity contribution in [2.45, 2.75) is 18.6 Å². The van der Waals surface area contributed by atoms with Gasteiger partial charge in [-0.2, -0.15) is 0 Å². The van der Waals surface area contributed by atoms with Crippen molar-refractivity contribution in [2.75, 3.05) is 6.61 Å². The van der Waals surface area contributed by atoms with Crippen molar-refractivity contribution in [3.05, 3.63) is 47.3 Å². The maximum atomic E-state index is 13.7. The van der Waals surface area contributed by atoms with E-state index in [-0.39, 0.29) is 18.6 Å². The average molecular weight is 287 g/mol. The largest absolute Gasteiger partial charge is 0.443 e. The first kappa shape index (κ1) is 14.4. The van der Waals surface area contributed by atoms with Crippen molar-refractivity contribution < 1.29 is 27.4 Å². The second kappa shape index (κ2) is 5.54. The molecule has 1 amide bonds. The molecular weight excluding hydrogens is 275 g/mol. The van der Waals surface area contributed by atoms with Gasteiger partial charge in [-0.1, -0.05) is 6.58 Å². The summed E-state index contributed by atoms with van der Waals surface area (Å²) >= 11 is 0. The smallest absolute Gasteiger partial charge is 0.404 e. The van der Waals surface area contributed by atoms with Crippen LogP contribution < -0.4 is 5.73 Å². The molecule has 0 aliphatic carbocycles. The predicted molar refractivity (Wildman–Crippen MR) is 63.2 cm³/mol. The molecule has 2 N–H and O–H groups in total. The number of carbonyl (C=O) groups is 1. The summed E-state index contributed by atoms with van der Waals surface area (Å²) in [7, 11) is 0. The lowest BCUT2D eigenvalue weighted by Gasteiger charge is -2.32. The van der Waals surface area contributed by atoms with Crippen LogP contribution in [0.2, 0.25) is 0 Å². The van der Waals surface area contributed by atoms with E-state index < -0.39 is 35.8 Å². The van der Waals surface area contributed by atoms with E-state index in [2.05, 4.69) is 6.58 Å². The number of hydrogen-bond acceptors (Lipinski definition) is 3. The van der Waals surface area contributed by atoms with Gasteiger partial charge < -0.3 is 15.2 Å². The first-order valence-corrected chi connectivity index (χ1v) is 5.77. The van der Waals surface area contributed by atoms with E-state index in [1.165, 1.54) is 0 Å². The number of benzene rings is 1. The van der Waals surface area contributed by atoms with Crippen LogP contribution in [0.4, 0.5) is 18.0 Å². The summed E-state index contributed by atoms with van der Waals surface area (Å²) in [4.78, 5) is 10.8. The number of primary amides is 1. The van der Waals surface area contributed by atoms with Crippen molar-refractivity contribution in [2.24, 2.45) is 5.73 Å². The molecule has 0 unspecified atom stereocenters. The maximum Gasteiger partial charge on any atom is 0.404 e. The van der Waals surface area contributed by atoms with Gasteiger partial charge in [-0.3, -0.25) is 0 Å². The van der Waals surface area contributed by atoms with Crippen LogP contribution in [0.1, 0.15) is 18.1 Å². The third-order valence-corrected chi connectivity index (χ3v) is 2.91. The Balaban J connectivity index is 2.35. The number of carbonyl (C=O) groups excluding carboxylic acids is 1. The van der Waals surface area contributed by atoms with Crippen LogP contribution in [0.3, 0.4) is 0 Å². The summed E-state index contributed by atoms with van der Waals surface area (Å²) in [6.07, 6.45) is -2.87. The van der Waals surface area contributed by atoms with E-state index in [1.807, 2.05) is 0 Å². The Morgan fingerprint density at radius 3 is 2.60 bits per heavy atom. The Hall–Kier alpha value is -2.02. The minimum absolute atomic E-state index is 0.0989. The SMILES string of the molecule is C=C1CO[C@@H](c2cc(F)c(F)cc2F)[C@@H](OC(N)=O)C1. The van der Waals surface area contributed by atoms with Crippen LogP contribution in [-0.2, 0) is 9.47 Å². The van der Waals surface area contributed by atoms with Crippen LogP contribution in [0.25, 0.3) is 0 Å². The topological polar surface area (TPSA) is 61.6 Å². The monoisotopic (exact) mass is 287 g/mol. The third kappa shape index (κ3) is 2.93. The van der Waals surface area contributed by atoms with Gasteiger partial charge in [-0.15, -0.1) is 0 Å². The molecule has 4 nitrogen and oxygen atoms in total. The molecule has 1 heterocycles. The normalized spacial score (nSPS) is 22.6. The van der Waals surface area contributed by atoms with Gasteiger partial charge in [-0.25, -0.2) is 18.0 Å². The minimum atomic E-state index is -1.31. The van der Waals surface area contributed by atoms with Crippen molar-refractivity contribution >= 4 is 6.09 Å². The van der Waals surface area contributed by atoms with E-state index in [9.17, 15) is 18.0 Å². The van der Waals surface area contributed by atoms with Crippen LogP contribution in [0.15, 0.2) is 24.3 Å². The number of rotatable bonds is 2. The Bertz CT molecular complexity index is 560. The van der Waals surface area contributed by atoms with Crippen LogP contribution in [-0.4, -0.2) is 18.8 Å². The van der Waals surface area contributed by atoms with Gasteiger partial charge in [-0.05, 0) is 11.6 Å². The fourth-order valence-corrected chi connectivity index (χ4v) is 2.06. The van der Waals surface area contributed by atoms with E-state index in [1.54, 1.807) is 0 Å². The molecule has 0 saturated carbocycles. The van der Waals surface area contributed by atoms with Gasteiger partial charge in [0.25, 0.3) is 0 Å². The Morgan fingerprint density at radius 1 is 1.30 bits per heavy atom. The highest BCUT2D eigenvalue weighted by molar-refractivity contribution is 5.65. The van der Waals surface area contributed by atoms with E-state index in [0.29, 0.717) is 17.7 Å². The molecule has 1 aromatic carbocycles. The van der Waals surface area contributed by atoms with Crippen molar-refractivity contribution in [3.8, 4) is 0 Å². The average Bonchev–Trinajstić information content (AvgIpc) is 2.34. The molecule has 1 aliphatic rings. The minimum Gasteiger partial charge on any atom is -0.443 e. The van der Waals surface area contributed by atoms with Gasteiger partial charge in [0.15, 0.2) is 11.6 Å². The summed E-state index contributed by atoms with van der Waals surface area (Å²) in [6.45, 7) is 3.77. The number of halogens is 3. The lowest BCUT2D eigenvalue weighted by atomic mass is 9.95. The fraction of sp³-hybridized carbons (Fsp3) is 0.308. The fourth-order valence-electron chi connectivity index (χ4n) is 2.06. The molecule has 7 heteroatoms. The zero-order chi connectivity index (χ0) is 14.9. The highest BCUT2D eigenvalue weighted by atomic mass is 19.2. The number of hydrogen-bond donors (Lipinski definition) is 1. The molecule has 2 atom stereocenters. The zero-order valence-corrected chi connectivity index (χ0v) is 10.4. The molecule has 1 saturated heterocycles. The lowest BCUT2D eigenvalue weighted by molar-refractivity contribution is -0.0594. The molecule has 0 aromatic heterocycles. The van der Waals surface area contributed by atoms with Gasteiger partial charge in [0, 0.05) is 18.1 Å². The molecule has 0 radical (unpaired) electrons. The standard InChI is InChI=1S/C13H12F3NO3/c1-6-2-11(20-13(17)18)12(19-5-6)7-3-9(15)10(16)4-8(7)14/h3-4,11-12H,1-2,5H2,(H2,17,18)/t11-,12-/m0/s1. The molecule has 0 spiro atoms. The van der Waals surface area contributed by atoms with E-state index in [4.69, 9.17) is 15.2 Å². The van der Waals surface area contributed by atoms with Gasteiger partial charge >= 0.3 is 6.09 Å². The van der Waals surface area contributed by atoms with Gasteiger partial charge in [0.2, 0.25) is 0 Å². The lowest BCUT2D eigenvalue weighted by Crippen LogP contribution is -2.35. The predicted octanol–water partition coefficient (Wildman–Crippen LogP) is 2.59. The van der Waals surface area contributed by atoms with Crippen molar-refractivity contribution in [1.82, 2.24) is 0 Å². The van der Waals surface area contributed by atoms with E-state index in [0.717, 1.165) is 0 Å². The van der Waals surface area contributed by atoms with E-state index >= 15 is 0 Å². The second-order valence-electron chi connectivity index (χ2n) is 4.45. The first-order valence-electron chi connectivity index (χ1n) is 5.77. The summed E-state index contributed by atoms with van der Waals surface area (Å²) in [5.41, 5.74) is 5.31. The second-order valence-corrected chi connectivity index (χ2v) is 4.45. The summed E-state index contributed by atoms with van der Waals surface area (Å²) in [5.74, 6) is -3.51. The molecule has 1 aliphatic heterocycles. The van der Waals surface area contributed by atoms with Crippen molar-refractivity contribution in [1.29, 1.82) is 0 Å². The summed E-state index contributed by atoms with van der Waals surface area (Å²) in [6, 6.07) is 1.10. The zero-order valence-electron chi connectivity index (χ0n) is 10.4. The third-order valence-electron chi connectivity index (χ3n) is 2.91. The molecule has 1 fully saturated rings. The highest BCUT2D eigenvalue weighted by Crippen LogP contribution is 2.34. The van der Waals surface area contributed by atoms with Crippen molar-refractivity contribution in [3.63, 3.8) is 0 Å². The highest BCUT2D eigenvalue weighted by Gasteiger charge is 2.34. The Morgan fingerprint density at radius 2 is 1.95 bits per heavy atom. The molecule has 1 aromatic rings. The van der Waals surface area contributed by atoms with Crippen LogP contribution in [0, 0.1) is 17.5 Å². The van der Waals surface area contributed by atoms with Gasteiger partial charge in [0.1, 0.15) is 18.0 Å². The quantitative estimate of drug-likeness (QED) is 0.671. The number of nitrogens with two attached hydrogens (primary N) is 1. The Kier molecular flexibility index (Phi) is 3.99. The number of amides is 1.